The molecule has 12 heavy (non-hydrogen) atoms. The van der Waals surface area contributed by atoms with E-state index in [4.69, 9.17) is 0 Å². The molecule has 0 aromatic heterocycles. The Morgan fingerprint density at radius 3 is 2.25 bits per heavy atom. The normalized spacial score (nSPS) is 15.9. The summed E-state index contributed by atoms with van der Waals surface area (Å²) in [5.41, 5.74) is 0. The van der Waals surface area contributed by atoms with E-state index in [1.165, 1.54) is 38.5 Å². The molecule has 0 N–H and O–H groups in total. The third-order valence-electron chi connectivity index (χ3n) is 2.87. The van der Waals surface area contributed by atoms with E-state index in [0.29, 0.717) is 0 Å². The summed E-state index contributed by atoms with van der Waals surface area (Å²) in [6, 6.07) is 0. The molecule has 0 saturated carbocycles. The van der Waals surface area contributed by atoms with Gasteiger partial charge in [0.15, 0.2) is 0 Å². The van der Waals surface area contributed by atoms with E-state index in [-0.39, 0.29) is 0 Å². The van der Waals surface area contributed by atoms with E-state index >= 15 is 0 Å². The van der Waals surface area contributed by atoms with Gasteiger partial charge >= 0.3 is 0 Å². The van der Waals surface area contributed by atoms with Crippen LogP contribution in [0.5, 0.6) is 0 Å². The Balaban J connectivity index is 3.18. The minimum atomic E-state index is 0.943. The van der Waals surface area contributed by atoms with Crippen LogP contribution in [0.3, 0.4) is 0 Å². The van der Waals surface area contributed by atoms with Gasteiger partial charge in [-0.25, -0.2) is 0 Å². The molecule has 2 atom stereocenters. The molecule has 0 aromatic rings. The predicted molar refractivity (Wildman–Crippen MR) is 60.5 cm³/mol. The summed E-state index contributed by atoms with van der Waals surface area (Å²) in [5, 5.41) is 0. The second-order valence-corrected chi connectivity index (χ2v) is 4.34. The lowest BCUT2D eigenvalue weighted by Crippen LogP contribution is -1.96. The Bertz CT molecular complexity index is 91.0. The smallest absolute Gasteiger partial charge is 0.0697 e. The molecule has 0 aliphatic rings. The van der Waals surface area contributed by atoms with Crippen molar-refractivity contribution < 1.29 is 0 Å². The van der Waals surface area contributed by atoms with Gasteiger partial charge in [0.05, 0.1) is 0 Å². The van der Waals surface area contributed by atoms with Crippen LogP contribution in [0.1, 0.15) is 59.3 Å². The highest BCUT2D eigenvalue weighted by Gasteiger charge is 2.02. The zero-order valence-electron chi connectivity index (χ0n) is 9.40. The summed E-state index contributed by atoms with van der Waals surface area (Å²) >= 11 is 0. The maximum Gasteiger partial charge on any atom is 0.105 e. The van der Waals surface area contributed by atoms with Crippen molar-refractivity contribution in [2.45, 2.75) is 65.1 Å². The first kappa shape index (κ1) is 12.1. The molecule has 72 valence electrons. The zero-order valence-corrected chi connectivity index (χ0v) is 9.40. The van der Waals surface area contributed by atoms with E-state index in [1.807, 2.05) is 0 Å². The van der Waals surface area contributed by atoms with Crippen LogP contribution in [-0.4, -0.2) is 7.85 Å². The van der Waals surface area contributed by atoms with Gasteiger partial charge in [-0.3, -0.25) is 0 Å². The number of hydrogen-bond donors (Lipinski definition) is 0. The summed E-state index contributed by atoms with van der Waals surface area (Å²) in [4.78, 5) is 0. The lowest BCUT2D eigenvalue weighted by molar-refractivity contribution is 0.474. The van der Waals surface area contributed by atoms with E-state index in [0.717, 1.165) is 11.7 Å². The van der Waals surface area contributed by atoms with Crippen LogP contribution in [-0.2, 0) is 0 Å². The second-order valence-electron chi connectivity index (χ2n) is 4.34. The van der Waals surface area contributed by atoms with Gasteiger partial charge in [-0.1, -0.05) is 65.1 Å². The topological polar surface area (TPSA) is 0 Å². The van der Waals surface area contributed by atoms with Crippen LogP contribution < -0.4 is 0 Å². The summed E-state index contributed by atoms with van der Waals surface area (Å²) in [6.45, 7) is 6.94. The van der Waals surface area contributed by atoms with Crippen LogP contribution in [0.25, 0.3) is 0 Å². The molecule has 1 heteroatoms. The molecular formula is C11H25B. The van der Waals surface area contributed by atoms with Crippen LogP contribution in [0.15, 0.2) is 0 Å². The van der Waals surface area contributed by atoms with Crippen molar-refractivity contribution in [3.8, 4) is 0 Å². The van der Waals surface area contributed by atoms with Crippen LogP contribution in [0.2, 0.25) is 5.82 Å². The third-order valence-corrected chi connectivity index (χ3v) is 2.87. The van der Waals surface area contributed by atoms with Crippen molar-refractivity contribution in [1.29, 1.82) is 0 Å². The zero-order chi connectivity index (χ0) is 9.40. The lowest BCUT2D eigenvalue weighted by Gasteiger charge is -2.11. The summed E-state index contributed by atoms with van der Waals surface area (Å²) in [5.74, 6) is 1.90. The van der Waals surface area contributed by atoms with Gasteiger partial charge in [-0.15, -0.1) is 0 Å². The van der Waals surface area contributed by atoms with Crippen LogP contribution >= 0.6 is 0 Å². The van der Waals surface area contributed by atoms with E-state index in [2.05, 4.69) is 28.6 Å². The van der Waals surface area contributed by atoms with E-state index in [1.54, 1.807) is 0 Å². The molecule has 0 aliphatic heterocycles. The molecule has 0 bridgehead atoms. The molecule has 0 spiro atoms. The predicted octanol–water partition coefficient (Wildman–Crippen LogP) is 3.42. The van der Waals surface area contributed by atoms with Gasteiger partial charge in [0.2, 0.25) is 0 Å². The van der Waals surface area contributed by atoms with Crippen molar-refractivity contribution in [2.75, 3.05) is 0 Å². The van der Waals surface area contributed by atoms with Gasteiger partial charge in [0.25, 0.3) is 0 Å². The van der Waals surface area contributed by atoms with Gasteiger partial charge in [0, 0.05) is 0 Å². The lowest BCUT2D eigenvalue weighted by atomic mass is 9.79. The Hall–Kier alpha value is 0.0649. The SMILES string of the molecule is BC(CCC)CCCC(C)CC. The summed E-state index contributed by atoms with van der Waals surface area (Å²) < 4.78 is 0. The molecule has 0 aliphatic carbocycles. The molecular weight excluding hydrogens is 143 g/mol. The standard InChI is InChI=1S/C11H25B/c1-4-7-11(12)9-6-8-10(3)5-2/h10-11H,4-9,12H2,1-3H3. The van der Waals surface area contributed by atoms with Gasteiger partial charge in [0.1, 0.15) is 7.85 Å². The van der Waals surface area contributed by atoms with Crippen molar-refractivity contribution in [1.82, 2.24) is 0 Å². The molecule has 2 unspecified atom stereocenters. The molecule has 0 nitrogen and oxygen atoms in total. The minimum absolute atomic E-state index is 0.943. The van der Waals surface area contributed by atoms with Crippen LogP contribution in [0.4, 0.5) is 0 Å². The van der Waals surface area contributed by atoms with Gasteiger partial charge in [-0.2, -0.15) is 0 Å². The average Bonchev–Trinajstić information content (AvgIpc) is 2.04. The van der Waals surface area contributed by atoms with Gasteiger partial charge in [-0.05, 0) is 5.92 Å². The first-order valence-corrected chi connectivity index (χ1v) is 5.70. The van der Waals surface area contributed by atoms with Crippen molar-refractivity contribution >= 4 is 7.85 Å². The number of rotatable bonds is 7. The molecule has 0 aromatic carbocycles. The Labute approximate surface area is 79.5 Å². The highest BCUT2D eigenvalue weighted by Crippen LogP contribution is 2.19. The first-order valence-electron chi connectivity index (χ1n) is 5.70. The van der Waals surface area contributed by atoms with E-state index < -0.39 is 0 Å². The highest BCUT2D eigenvalue weighted by molar-refractivity contribution is 6.11. The fraction of sp³-hybridized carbons (Fsp3) is 1.00. The van der Waals surface area contributed by atoms with Crippen molar-refractivity contribution in [3.63, 3.8) is 0 Å². The summed E-state index contributed by atoms with van der Waals surface area (Å²) in [7, 11) is 2.39. The first-order chi connectivity index (χ1) is 5.70. The fourth-order valence-corrected chi connectivity index (χ4v) is 1.66. The maximum atomic E-state index is 2.39. The molecule has 0 amide bonds. The van der Waals surface area contributed by atoms with Crippen LogP contribution in [0, 0.1) is 5.92 Å². The van der Waals surface area contributed by atoms with Gasteiger partial charge < -0.3 is 0 Å². The second kappa shape index (κ2) is 7.70. The molecule has 0 fully saturated rings. The van der Waals surface area contributed by atoms with Crippen molar-refractivity contribution in [3.05, 3.63) is 0 Å². The monoisotopic (exact) mass is 168 g/mol. The maximum absolute atomic E-state index is 2.39. The average molecular weight is 168 g/mol. The Morgan fingerprint density at radius 2 is 1.75 bits per heavy atom. The minimum Gasteiger partial charge on any atom is -0.0697 e. The Morgan fingerprint density at radius 1 is 1.08 bits per heavy atom. The quantitative estimate of drug-likeness (QED) is 0.511. The molecule has 0 radical (unpaired) electrons. The molecule has 0 rings (SSSR count). The molecule has 0 saturated heterocycles. The Kier molecular flexibility index (Phi) is 7.74. The molecule has 0 heterocycles. The fourth-order valence-electron chi connectivity index (χ4n) is 1.66. The number of hydrogen-bond acceptors (Lipinski definition) is 0. The van der Waals surface area contributed by atoms with Crippen molar-refractivity contribution in [2.24, 2.45) is 5.92 Å². The highest BCUT2D eigenvalue weighted by atomic mass is 14.1. The third kappa shape index (κ3) is 6.76. The largest absolute Gasteiger partial charge is 0.105 e. The van der Waals surface area contributed by atoms with E-state index in [9.17, 15) is 0 Å². The summed E-state index contributed by atoms with van der Waals surface area (Å²) in [6.07, 6.45) is 8.44.